The van der Waals surface area contributed by atoms with E-state index >= 15 is 0 Å². The van der Waals surface area contributed by atoms with Crippen LogP contribution in [0.2, 0.25) is 0 Å². The zero-order valence-electron chi connectivity index (χ0n) is 16.5. The number of ketones is 1. The molecule has 0 bridgehead atoms. The number of ether oxygens (including phenoxy) is 1. The highest BCUT2D eigenvalue weighted by Gasteiger charge is 2.60. The fourth-order valence-electron chi connectivity index (χ4n) is 7.92. The van der Waals surface area contributed by atoms with Crippen molar-refractivity contribution in [3.8, 4) is 0 Å². The van der Waals surface area contributed by atoms with Crippen molar-refractivity contribution >= 4 is 21.7 Å². The number of aliphatic hydroxyl groups is 1. The Balaban J connectivity index is 1.60. The fourth-order valence-corrected chi connectivity index (χ4v) is 8.31. The maximum Gasteiger partial charge on any atom is 0.147 e. The third-order valence-electron chi connectivity index (χ3n) is 9.09. The summed E-state index contributed by atoms with van der Waals surface area (Å²) < 4.78 is 5.99. The third-order valence-corrected chi connectivity index (χ3v) is 9.64. The van der Waals surface area contributed by atoms with E-state index in [-0.39, 0.29) is 17.4 Å². The predicted octanol–water partition coefficient (Wildman–Crippen LogP) is 4.60. The Labute approximate surface area is 166 Å². The molecule has 0 amide bonds. The topological polar surface area (TPSA) is 46.5 Å². The molecule has 4 heteroatoms. The first-order chi connectivity index (χ1) is 12.3. The normalized spacial score (nSPS) is 53.5. The van der Waals surface area contributed by atoms with E-state index in [4.69, 9.17) is 4.74 Å². The number of rotatable bonds is 3. The van der Waals surface area contributed by atoms with Gasteiger partial charge in [-0.2, -0.15) is 0 Å². The van der Waals surface area contributed by atoms with E-state index < -0.39 is 5.60 Å². The van der Waals surface area contributed by atoms with Gasteiger partial charge in [-0.25, -0.2) is 0 Å². The summed E-state index contributed by atoms with van der Waals surface area (Å²) in [6.07, 6.45) is 9.15. The van der Waals surface area contributed by atoms with Crippen molar-refractivity contribution in [2.75, 3.05) is 12.4 Å². The largest absolute Gasteiger partial charge is 0.390 e. The van der Waals surface area contributed by atoms with Gasteiger partial charge in [-0.05, 0) is 93.3 Å². The predicted molar refractivity (Wildman–Crippen MR) is 106 cm³/mol. The molecule has 0 radical (unpaired) electrons. The first-order valence-electron chi connectivity index (χ1n) is 10.6. The maximum atomic E-state index is 12.6. The van der Waals surface area contributed by atoms with Crippen LogP contribution in [0.3, 0.4) is 0 Å². The van der Waals surface area contributed by atoms with Crippen LogP contribution in [-0.2, 0) is 9.53 Å². The molecule has 0 spiro atoms. The summed E-state index contributed by atoms with van der Waals surface area (Å²) in [5.74, 6) is 4.03. The van der Waals surface area contributed by atoms with Crippen LogP contribution in [0.5, 0.6) is 0 Å². The molecule has 3 nitrogen and oxygen atoms in total. The van der Waals surface area contributed by atoms with E-state index in [0.717, 1.165) is 38.0 Å². The number of alkyl halides is 1. The molecule has 4 rings (SSSR count). The van der Waals surface area contributed by atoms with E-state index in [1.54, 1.807) is 0 Å². The van der Waals surface area contributed by atoms with Gasteiger partial charge in [-0.15, -0.1) is 0 Å². The molecule has 4 saturated carbocycles. The molecule has 0 aliphatic heterocycles. The Bertz CT molecular complexity index is 562. The molecule has 9 atom stereocenters. The van der Waals surface area contributed by atoms with Gasteiger partial charge in [0.15, 0.2) is 0 Å². The molecule has 0 heterocycles. The number of hydrogen-bond acceptors (Lipinski definition) is 3. The average Bonchev–Trinajstić information content (AvgIpc) is 2.96. The van der Waals surface area contributed by atoms with Crippen molar-refractivity contribution in [3.05, 3.63) is 0 Å². The molecule has 0 aromatic heterocycles. The molecular formula is C22H35BrO3. The monoisotopic (exact) mass is 426 g/mol. The van der Waals surface area contributed by atoms with Crippen LogP contribution >= 0.6 is 15.9 Å². The second-order valence-corrected chi connectivity index (χ2v) is 10.8. The molecule has 148 valence electrons. The van der Waals surface area contributed by atoms with E-state index in [2.05, 4.69) is 22.9 Å². The number of hydrogen-bond donors (Lipinski definition) is 1. The smallest absolute Gasteiger partial charge is 0.147 e. The number of methoxy groups -OCH3 is 1. The van der Waals surface area contributed by atoms with E-state index in [1.807, 2.05) is 14.0 Å². The molecule has 0 aromatic carbocycles. The highest BCUT2D eigenvalue weighted by Crippen LogP contribution is 2.65. The molecule has 4 aliphatic rings. The van der Waals surface area contributed by atoms with Crippen LogP contribution < -0.4 is 0 Å². The Kier molecular flexibility index (Phi) is 5.10. The molecule has 4 aliphatic carbocycles. The Morgan fingerprint density at radius 3 is 2.46 bits per heavy atom. The first kappa shape index (κ1) is 19.4. The van der Waals surface area contributed by atoms with Crippen LogP contribution in [0.4, 0.5) is 0 Å². The lowest BCUT2D eigenvalue weighted by Crippen LogP contribution is -2.55. The van der Waals surface area contributed by atoms with Gasteiger partial charge >= 0.3 is 0 Å². The molecule has 0 unspecified atom stereocenters. The lowest BCUT2D eigenvalue weighted by Gasteiger charge is -2.58. The lowest BCUT2D eigenvalue weighted by atomic mass is 9.48. The van der Waals surface area contributed by atoms with Gasteiger partial charge in [-0.3, -0.25) is 4.79 Å². The lowest BCUT2D eigenvalue weighted by molar-refractivity contribution is -0.154. The minimum Gasteiger partial charge on any atom is -0.390 e. The Morgan fingerprint density at radius 1 is 1.08 bits per heavy atom. The number of fused-ring (bicyclic) bond motifs is 5. The van der Waals surface area contributed by atoms with E-state index in [0.29, 0.717) is 34.8 Å². The minimum absolute atomic E-state index is 0.192. The Morgan fingerprint density at radius 2 is 1.77 bits per heavy atom. The van der Waals surface area contributed by atoms with Gasteiger partial charge in [0, 0.05) is 13.0 Å². The quantitative estimate of drug-likeness (QED) is 0.670. The van der Waals surface area contributed by atoms with Gasteiger partial charge in [0.05, 0.1) is 17.0 Å². The van der Waals surface area contributed by atoms with Crippen molar-refractivity contribution in [2.24, 2.45) is 40.9 Å². The van der Waals surface area contributed by atoms with Crippen LogP contribution in [0.1, 0.15) is 65.2 Å². The number of carbonyl (C=O) groups excluding carboxylic acids is 1. The van der Waals surface area contributed by atoms with Crippen LogP contribution in [0.25, 0.3) is 0 Å². The van der Waals surface area contributed by atoms with Gasteiger partial charge in [0.2, 0.25) is 0 Å². The summed E-state index contributed by atoms with van der Waals surface area (Å²) in [4.78, 5) is 12.6. The van der Waals surface area contributed by atoms with Gasteiger partial charge < -0.3 is 9.84 Å². The van der Waals surface area contributed by atoms with Crippen molar-refractivity contribution in [1.29, 1.82) is 0 Å². The number of Topliss-reactive ketones (excluding diaryl/α,β-unsaturated/α-hetero) is 1. The Hall–Kier alpha value is 0.0700. The number of carbonyl (C=O) groups is 1. The van der Waals surface area contributed by atoms with Crippen molar-refractivity contribution in [3.63, 3.8) is 0 Å². The van der Waals surface area contributed by atoms with Crippen molar-refractivity contribution in [2.45, 2.75) is 76.9 Å². The SMILES string of the molecule is CO[C@@H]1C[C@@H]2[C@H](CC[C@]3(C)[C@@H](C(=O)CBr)CC[C@@H]23)[C@H]2CC[C@@](C)(O)C[C@H]21. The average molecular weight is 427 g/mol. The molecular weight excluding hydrogens is 392 g/mol. The number of halogens is 1. The highest BCUT2D eigenvalue weighted by atomic mass is 79.9. The summed E-state index contributed by atoms with van der Waals surface area (Å²) in [6, 6.07) is 0. The molecule has 26 heavy (non-hydrogen) atoms. The van der Waals surface area contributed by atoms with E-state index in [1.165, 1.54) is 19.3 Å². The van der Waals surface area contributed by atoms with Crippen LogP contribution in [0, 0.1) is 40.9 Å². The van der Waals surface area contributed by atoms with Gasteiger partial charge in [0.1, 0.15) is 5.78 Å². The van der Waals surface area contributed by atoms with Crippen molar-refractivity contribution in [1.82, 2.24) is 0 Å². The zero-order valence-corrected chi connectivity index (χ0v) is 18.1. The summed E-state index contributed by atoms with van der Waals surface area (Å²) >= 11 is 3.42. The minimum atomic E-state index is -0.519. The van der Waals surface area contributed by atoms with Gasteiger partial charge in [-0.1, -0.05) is 22.9 Å². The maximum absolute atomic E-state index is 12.6. The molecule has 0 aromatic rings. The summed E-state index contributed by atoms with van der Waals surface area (Å²) in [5, 5.41) is 11.1. The summed E-state index contributed by atoms with van der Waals surface area (Å²) in [7, 11) is 1.86. The molecule has 1 N–H and O–H groups in total. The zero-order chi connectivity index (χ0) is 18.7. The second-order valence-electron chi connectivity index (χ2n) is 10.3. The molecule has 0 saturated heterocycles. The van der Waals surface area contributed by atoms with Crippen LogP contribution in [0.15, 0.2) is 0 Å². The summed E-state index contributed by atoms with van der Waals surface area (Å²) in [5.41, 5.74) is -0.327. The summed E-state index contributed by atoms with van der Waals surface area (Å²) in [6.45, 7) is 4.42. The van der Waals surface area contributed by atoms with Crippen LogP contribution in [-0.4, -0.2) is 35.0 Å². The molecule has 4 fully saturated rings. The highest BCUT2D eigenvalue weighted by molar-refractivity contribution is 9.09. The third kappa shape index (κ3) is 2.93. The van der Waals surface area contributed by atoms with Crippen molar-refractivity contribution < 1.29 is 14.6 Å². The van der Waals surface area contributed by atoms with E-state index in [9.17, 15) is 9.90 Å². The van der Waals surface area contributed by atoms with Gasteiger partial charge in [0.25, 0.3) is 0 Å². The fraction of sp³-hybridized carbons (Fsp3) is 0.955. The first-order valence-corrected chi connectivity index (χ1v) is 11.8. The second kappa shape index (κ2) is 6.84. The standard InChI is InChI=1S/C22H35BrO3/c1-21(25)8-6-14-13-7-9-22(2)17(4-5-18(22)19(24)12-23)15(13)10-20(26-3)16(14)11-21/h13-18,20,25H,4-12H2,1-3H3/t13-,14-,15-,16-,17+,18-,20-,21-,22+/m1/s1.